The second-order valence-electron chi connectivity index (χ2n) is 6.77. The number of nitrogens with one attached hydrogen (secondary N) is 2. The van der Waals surface area contributed by atoms with Crippen LogP contribution in [0.4, 0.5) is 0 Å². The molecule has 0 fully saturated rings. The normalized spacial score (nSPS) is 12.7. The number of hydrogen-bond donors (Lipinski definition) is 2. The minimum atomic E-state index is -0.00854. The van der Waals surface area contributed by atoms with Crippen LogP contribution in [0.15, 0.2) is 29.0 Å². The Bertz CT molecular complexity index is 809. The Morgan fingerprint density at radius 3 is 2.72 bits per heavy atom. The Labute approximate surface area is 147 Å². The van der Waals surface area contributed by atoms with Gasteiger partial charge in [-0.15, -0.1) is 0 Å². The van der Waals surface area contributed by atoms with Gasteiger partial charge in [-0.3, -0.25) is 5.10 Å². The minimum absolute atomic E-state index is 0.00854. The van der Waals surface area contributed by atoms with Gasteiger partial charge in [-0.1, -0.05) is 37.2 Å². The van der Waals surface area contributed by atoms with Crippen LogP contribution >= 0.6 is 0 Å². The molecule has 0 bridgehead atoms. The van der Waals surface area contributed by atoms with Crippen LogP contribution in [0.25, 0.3) is 11.6 Å². The van der Waals surface area contributed by atoms with E-state index in [-0.39, 0.29) is 6.04 Å². The van der Waals surface area contributed by atoms with Crippen molar-refractivity contribution in [2.24, 2.45) is 5.92 Å². The average molecular weight is 340 g/mol. The largest absolute Gasteiger partial charge is 0.337 e. The van der Waals surface area contributed by atoms with Gasteiger partial charge in [0.25, 0.3) is 0 Å². The van der Waals surface area contributed by atoms with E-state index >= 15 is 0 Å². The second kappa shape index (κ2) is 7.57. The van der Waals surface area contributed by atoms with Crippen LogP contribution in [-0.4, -0.2) is 25.3 Å². The Kier molecular flexibility index (Phi) is 5.23. The van der Waals surface area contributed by atoms with E-state index in [2.05, 4.69) is 76.5 Å². The molecule has 2 aromatic heterocycles. The first-order chi connectivity index (χ1) is 12.0. The first-order valence-electron chi connectivity index (χ1n) is 8.51. The van der Waals surface area contributed by atoms with E-state index in [1.165, 1.54) is 23.0 Å². The Morgan fingerprint density at radius 1 is 1.20 bits per heavy atom. The van der Waals surface area contributed by atoms with Crippen LogP contribution in [0, 0.1) is 19.8 Å². The summed E-state index contributed by atoms with van der Waals surface area (Å²) in [5, 5.41) is 14.1. The number of aromatic amines is 1. The van der Waals surface area contributed by atoms with Crippen molar-refractivity contribution in [2.75, 3.05) is 0 Å². The standard InChI is InChI=1S/C18H24N6O/c1-11(2)7-15(19-9-14-6-5-12(3)13(4)8-14)18-22-17(24-25-18)16-20-10-21-23-16/h5-6,8,10-11,15,19H,7,9H2,1-4H3,(H,20,21,23)/t15-/m0/s1. The summed E-state index contributed by atoms with van der Waals surface area (Å²) in [4.78, 5) is 8.54. The highest BCUT2D eigenvalue weighted by Crippen LogP contribution is 2.22. The molecular weight excluding hydrogens is 316 g/mol. The van der Waals surface area contributed by atoms with Crippen molar-refractivity contribution < 1.29 is 4.52 Å². The SMILES string of the molecule is Cc1ccc(CN[C@@H](CC(C)C)c2nc(-c3ncn[nH]3)no2)cc1C. The molecule has 25 heavy (non-hydrogen) atoms. The van der Waals surface area contributed by atoms with Gasteiger partial charge < -0.3 is 9.84 Å². The highest BCUT2D eigenvalue weighted by molar-refractivity contribution is 5.39. The van der Waals surface area contributed by atoms with Crippen molar-refractivity contribution in [1.82, 2.24) is 30.6 Å². The van der Waals surface area contributed by atoms with Crippen molar-refractivity contribution in [3.63, 3.8) is 0 Å². The molecule has 0 spiro atoms. The van der Waals surface area contributed by atoms with Crippen LogP contribution in [-0.2, 0) is 6.54 Å². The molecule has 132 valence electrons. The van der Waals surface area contributed by atoms with E-state index < -0.39 is 0 Å². The number of benzene rings is 1. The van der Waals surface area contributed by atoms with Crippen LogP contribution in [0.2, 0.25) is 0 Å². The van der Waals surface area contributed by atoms with E-state index in [0.29, 0.717) is 23.5 Å². The van der Waals surface area contributed by atoms with E-state index in [4.69, 9.17) is 4.52 Å². The van der Waals surface area contributed by atoms with Crippen molar-refractivity contribution >= 4 is 0 Å². The molecule has 1 aromatic carbocycles. The number of hydrogen-bond acceptors (Lipinski definition) is 6. The maximum Gasteiger partial charge on any atom is 0.244 e. The highest BCUT2D eigenvalue weighted by Gasteiger charge is 2.21. The third kappa shape index (κ3) is 4.30. The van der Waals surface area contributed by atoms with Gasteiger partial charge in [0.15, 0.2) is 5.82 Å². The first-order valence-corrected chi connectivity index (χ1v) is 8.51. The van der Waals surface area contributed by atoms with Gasteiger partial charge in [-0.25, -0.2) is 4.98 Å². The zero-order valence-electron chi connectivity index (χ0n) is 15.1. The molecule has 0 radical (unpaired) electrons. The Hall–Kier alpha value is -2.54. The Morgan fingerprint density at radius 2 is 2.04 bits per heavy atom. The molecule has 1 atom stereocenters. The molecule has 3 aromatic rings. The summed E-state index contributed by atoms with van der Waals surface area (Å²) in [7, 11) is 0. The number of aryl methyl sites for hydroxylation is 2. The predicted octanol–water partition coefficient (Wildman–Crippen LogP) is 3.35. The topological polar surface area (TPSA) is 92.5 Å². The van der Waals surface area contributed by atoms with Gasteiger partial charge in [0.05, 0.1) is 6.04 Å². The molecule has 0 saturated heterocycles. The second-order valence-corrected chi connectivity index (χ2v) is 6.77. The fourth-order valence-corrected chi connectivity index (χ4v) is 2.68. The zero-order chi connectivity index (χ0) is 17.8. The molecule has 0 aliphatic rings. The summed E-state index contributed by atoms with van der Waals surface area (Å²) in [6, 6.07) is 6.50. The molecule has 3 rings (SSSR count). The molecule has 0 unspecified atom stereocenters. The molecule has 0 amide bonds. The molecule has 2 N–H and O–H groups in total. The summed E-state index contributed by atoms with van der Waals surface area (Å²) < 4.78 is 5.47. The van der Waals surface area contributed by atoms with E-state index in [9.17, 15) is 0 Å². The lowest BCUT2D eigenvalue weighted by atomic mass is 10.0. The summed E-state index contributed by atoms with van der Waals surface area (Å²) in [6.45, 7) is 9.36. The van der Waals surface area contributed by atoms with Crippen molar-refractivity contribution in [3.05, 3.63) is 47.1 Å². The van der Waals surface area contributed by atoms with Gasteiger partial charge >= 0.3 is 0 Å². The van der Waals surface area contributed by atoms with Gasteiger partial charge in [0.1, 0.15) is 6.33 Å². The lowest BCUT2D eigenvalue weighted by molar-refractivity contribution is 0.303. The maximum atomic E-state index is 5.47. The van der Waals surface area contributed by atoms with E-state index in [1.807, 2.05) is 0 Å². The van der Waals surface area contributed by atoms with E-state index in [0.717, 1.165) is 13.0 Å². The number of nitrogens with zero attached hydrogens (tertiary/aromatic N) is 4. The summed E-state index contributed by atoms with van der Waals surface area (Å²) in [5.41, 5.74) is 3.84. The van der Waals surface area contributed by atoms with Crippen molar-refractivity contribution in [1.29, 1.82) is 0 Å². The molecule has 0 aliphatic heterocycles. The summed E-state index contributed by atoms with van der Waals surface area (Å²) >= 11 is 0. The van der Waals surface area contributed by atoms with Crippen LogP contribution in [0.1, 0.15) is 48.9 Å². The van der Waals surface area contributed by atoms with Gasteiger partial charge in [0, 0.05) is 6.54 Å². The van der Waals surface area contributed by atoms with Gasteiger partial charge in [-0.2, -0.15) is 10.1 Å². The summed E-state index contributed by atoms with van der Waals surface area (Å²) in [5.74, 6) is 2.00. The first kappa shape index (κ1) is 17.3. The monoisotopic (exact) mass is 340 g/mol. The average Bonchev–Trinajstić information content (AvgIpc) is 3.25. The lowest BCUT2D eigenvalue weighted by Crippen LogP contribution is -2.23. The summed E-state index contributed by atoms with van der Waals surface area (Å²) in [6.07, 6.45) is 2.33. The number of aromatic nitrogens is 5. The molecule has 7 heteroatoms. The minimum Gasteiger partial charge on any atom is -0.337 e. The molecule has 0 aliphatic carbocycles. The molecule has 0 saturated carbocycles. The third-order valence-electron chi connectivity index (χ3n) is 4.20. The molecule has 2 heterocycles. The predicted molar refractivity (Wildman–Crippen MR) is 94.6 cm³/mol. The van der Waals surface area contributed by atoms with E-state index in [1.54, 1.807) is 0 Å². The Balaban J connectivity index is 1.74. The van der Waals surface area contributed by atoms with Crippen LogP contribution in [0.5, 0.6) is 0 Å². The smallest absolute Gasteiger partial charge is 0.244 e. The van der Waals surface area contributed by atoms with Gasteiger partial charge in [0.2, 0.25) is 11.7 Å². The van der Waals surface area contributed by atoms with Crippen molar-refractivity contribution in [3.8, 4) is 11.6 Å². The zero-order valence-corrected chi connectivity index (χ0v) is 15.1. The lowest BCUT2D eigenvalue weighted by Gasteiger charge is -2.17. The number of rotatable bonds is 7. The van der Waals surface area contributed by atoms with Gasteiger partial charge in [-0.05, 0) is 42.9 Å². The number of H-pyrrole nitrogens is 1. The third-order valence-corrected chi connectivity index (χ3v) is 4.20. The quantitative estimate of drug-likeness (QED) is 0.685. The molecule has 7 nitrogen and oxygen atoms in total. The van der Waals surface area contributed by atoms with Crippen LogP contribution < -0.4 is 5.32 Å². The highest BCUT2D eigenvalue weighted by atomic mass is 16.5. The fraction of sp³-hybridized carbons (Fsp3) is 0.444. The maximum absolute atomic E-state index is 5.47. The van der Waals surface area contributed by atoms with Crippen molar-refractivity contribution in [2.45, 2.75) is 46.7 Å². The van der Waals surface area contributed by atoms with Crippen LogP contribution in [0.3, 0.4) is 0 Å². The fourth-order valence-electron chi connectivity index (χ4n) is 2.68. The molecular formula is C18H24N6O.